The molecule has 0 spiro atoms. The lowest BCUT2D eigenvalue weighted by atomic mass is 9.78. The van der Waals surface area contributed by atoms with E-state index in [4.69, 9.17) is 14.5 Å². The fourth-order valence-corrected chi connectivity index (χ4v) is 5.96. The first-order valence-corrected chi connectivity index (χ1v) is 13.5. The van der Waals surface area contributed by atoms with Crippen molar-refractivity contribution < 1.29 is 14.3 Å². The number of aromatic nitrogens is 1. The molecule has 6 nitrogen and oxygen atoms in total. The number of hydrogen-bond donors (Lipinski definition) is 1. The number of carbonyl (C=O) groups is 1. The number of pyridine rings is 1. The molecule has 5 rings (SSSR count). The first-order chi connectivity index (χ1) is 17.2. The summed E-state index contributed by atoms with van der Waals surface area (Å²) in [5.74, 6) is 2.68. The second-order valence-electron chi connectivity index (χ2n) is 10.3. The highest BCUT2D eigenvalue weighted by Gasteiger charge is 2.30. The summed E-state index contributed by atoms with van der Waals surface area (Å²) in [6.45, 7) is 5.15. The molecule has 0 amide bonds. The quantitative estimate of drug-likeness (QED) is 0.415. The first kappa shape index (κ1) is 24.1. The van der Waals surface area contributed by atoms with E-state index in [2.05, 4.69) is 40.5 Å². The van der Waals surface area contributed by atoms with E-state index in [9.17, 15) is 4.79 Å². The maximum absolute atomic E-state index is 12.2. The van der Waals surface area contributed by atoms with Crippen molar-refractivity contribution in [3.05, 3.63) is 52.7 Å². The molecule has 0 aliphatic carbocycles. The molecule has 1 aromatic heterocycles. The molecule has 1 aromatic carbocycles. The average Bonchev–Trinajstić information content (AvgIpc) is 3.38. The number of likely N-dealkylation sites (tertiary alicyclic amines) is 1. The molecule has 2 aromatic rings. The number of fused-ring (bicyclic) bond motifs is 2. The Labute approximate surface area is 209 Å². The Bertz CT molecular complexity index is 1020. The molecular weight excluding hydrogens is 438 g/mol. The Balaban J connectivity index is 1.10. The summed E-state index contributed by atoms with van der Waals surface area (Å²) < 4.78 is 10.9. The Hall–Kier alpha value is -2.60. The van der Waals surface area contributed by atoms with Crippen molar-refractivity contribution in [3.63, 3.8) is 0 Å². The van der Waals surface area contributed by atoms with Crippen LogP contribution in [0.15, 0.2) is 30.3 Å². The zero-order chi connectivity index (χ0) is 24.0. The lowest BCUT2D eigenvalue weighted by Crippen LogP contribution is -2.36. The van der Waals surface area contributed by atoms with Crippen LogP contribution in [0.3, 0.4) is 0 Å². The van der Waals surface area contributed by atoms with E-state index in [1.165, 1.54) is 48.8 Å². The van der Waals surface area contributed by atoms with Crippen LogP contribution in [0.4, 0.5) is 5.82 Å². The predicted molar refractivity (Wildman–Crippen MR) is 138 cm³/mol. The second kappa shape index (κ2) is 11.4. The first-order valence-electron chi connectivity index (χ1n) is 13.5. The normalized spacial score (nSPS) is 18.8. The molecule has 3 aliphatic rings. The number of methoxy groups -OCH3 is 1. The zero-order valence-electron chi connectivity index (χ0n) is 21.1. The number of piperidine rings is 1. The highest BCUT2D eigenvalue weighted by molar-refractivity contribution is 5.70. The van der Waals surface area contributed by atoms with Crippen LogP contribution in [-0.4, -0.2) is 55.7 Å². The van der Waals surface area contributed by atoms with Gasteiger partial charge < -0.3 is 19.7 Å². The Morgan fingerprint density at radius 3 is 2.89 bits per heavy atom. The van der Waals surface area contributed by atoms with Gasteiger partial charge in [-0.1, -0.05) is 18.2 Å². The van der Waals surface area contributed by atoms with E-state index in [-0.39, 0.29) is 11.9 Å². The standard InChI is InChI=1S/C29H39N3O3/c1-34-28(33)20-26(24-8-7-22-13-18-35-27(22)19-24)21-11-16-32(17-12-21)15-3-2-6-25-10-9-23-5-4-14-30-29(23)31-25/h7-10,19,21,26H,2-6,11-18,20H2,1H3,(H,30,31). The molecule has 35 heavy (non-hydrogen) atoms. The second-order valence-corrected chi connectivity index (χ2v) is 10.3. The summed E-state index contributed by atoms with van der Waals surface area (Å²) in [7, 11) is 1.49. The smallest absolute Gasteiger partial charge is 0.306 e. The van der Waals surface area contributed by atoms with Gasteiger partial charge in [-0.05, 0) is 105 Å². The van der Waals surface area contributed by atoms with Gasteiger partial charge in [-0.25, -0.2) is 4.98 Å². The number of carbonyl (C=O) groups excluding carboxylic acids is 1. The SMILES string of the molecule is COC(=O)CC(c1ccc2c(c1)OCC2)C1CCN(CCCCc2ccc3c(n2)NCCC3)CC1. The summed E-state index contributed by atoms with van der Waals surface area (Å²) in [5, 5.41) is 3.44. The number of benzene rings is 1. The average molecular weight is 478 g/mol. The van der Waals surface area contributed by atoms with Crippen molar-refractivity contribution in [3.8, 4) is 5.75 Å². The highest BCUT2D eigenvalue weighted by Crippen LogP contribution is 2.38. The third kappa shape index (κ3) is 5.97. The lowest BCUT2D eigenvalue weighted by Gasteiger charge is -2.36. The number of hydrogen-bond acceptors (Lipinski definition) is 6. The van der Waals surface area contributed by atoms with E-state index in [0.29, 0.717) is 12.3 Å². The van der Waals surface area contributed by atoms with Crippen LogP contribution < -0.4 is 10.1 Å². The van der Waals surface area contributed by atoms with E-state index >= 15 is 0 Å². The van der Waals surface area contributed by atoms with Gasteiger partial charge in [0.25, 0.3) is 0 Å². The van der Waals surface area contributed by atoms with Crippen molar-refractivity contribution in [2.75, 3.05) is 45.2 Å². The van der Waals surface area contributed by atoms with Gasteiger partial charge in [-0.15, -0.1) is 0 Å². The van der Waals surface area contributed by atoms with Gasteiger partial charge in [0.2, 0.25) is 0 Å². The minimum atomic E-state index is -0.121. The summed E-state index contributed by atoms with van der Waals surface area (Å²) in [4.78, 5) is 19.7. The molecule has 0 saturated carbocycles. The van der Waals surface area contributed by atoms with Crippen molar-refractivity contribution >= 4 is 11.8 Å². The van der Waals surface area contributed by atoms with Gasteiger partial charge in [0.1, 0.15) is 11.6 Å². The number of nitrogens with zero attached hydrogens (tertiary/aromatic N) is 2. The Morgan fingerprint density at radius 1 is 1.17 bits per heavy atom. The van der Waals surface area contributed by atoms with Crippen LogP contribution >= 0.6 is 0 Å². The number of rotatable bonds is 9. The summed E-state index contributed by atoms with van der Waals surface area (Å²) in [5.41, 5.74) is 5.07. The van der Waals surface area contributed by atoms with E-state index in [0.717, 1.165) is 76.5 Å². The molecular formula is C29H39N3O3. The van der Waals surface area contributed by atoms with Crippen molar-refractivity contribution in [2.45, 2.75) is 63.7 Å². The van der Waals surface area contributed by atoms with E-state index in [1.807, 2.05) is 0 Å². The van der Waals surface area contributed by atoms with Crippen LogP contribution in [0.5, 0.6) is 5.75 Å². The minimum Gasteiger partial charge on any atom is -0.493 e. The summed E-state index contributed by atoms with van der Waals surface area (Å²) in [6.07, 6.45) is 9.44. The van der Waals surface area contributed by atoms with Gasteiger partial charge in [0.05, 0.1) is 20.1 Å². The molecule has 1 atom stereocenters. The molecule has 3 aliphatic heterocycles. The Kier molecular flexibility index (Phi) is 7.87. The van der Waals surface area contributed by atoms with Gasteiger partial charge >= 0.3 is 5.97 Å². The van der Waals surface area contributed by atoms with Gasteiger partial charge in [-0.3, -0.25) is 4.79 Å². The topological polar surface area (TPSA) is 63.7 Å². The molecule has 1 saturated heterocycles. The van der Waals surface area contributed by atoms with Gasteiger partial charge in [0.15, 0.2) is 0 Å². The molecule has 6 heteroatoms. The number of unbranched alkanes of at least 4 members (excludes halogenated alkanes) is 1. The largest absolute Gasteiger partial charge is 0.493 e. The predicted octanol–water partition coefficient (Wildman–Crippen LogP) is 4.76. The third-order valence-corrected chi connectivity index (χ3v) is 8.07. The van der Waals surface area contributed by atoms with E-state index in [1.54, 1.807) is 0 Å². The van der Waals surface area contributed by atoms with Gasteiger partial charge in [-0.2, -0.15) is 0 Å². The number of aryl methyl sites for hydroxylation is 2. The highest BCUT2D eigenvalue weighted by atomic mass is 16.5. The third-order valence-electron chi connectivity index (χ3n) is 8.07. The molecule has 0 radical (unpaired) electrons. The minimum absolute atomic E-state index is 0.121. The molecule has 1 unspecified atom stereocenters. The molecule has 188 valence electrons. The van der Waals surface area contributed by atoms with Crippen LogP contribution in [0.25, 0.3) is 0 Å². The number of esters is 1. The van der Waals surface area contributed by atoms with Gasteiger partial charge in [0, 0.05) is 18.7 Å². The zero-order valence-corrected chi connectivity index (χ0v) is 21.1. The van der Waals surface area contributed by atoms with Crippen molar-refractivity contribution in [2.24, 2.45) is 5.92 Å². The van der Waals surface area contributed by atoms with Crippen LogP contribution in [-0.2, 0) is 28.8 Å². The van der Waals surface area contributed by atoms with Crippen LogP contribution in [0.2, 0.25) is 0 Å². The molecule has 4 heterocycles. The van der Waals surface area contributed by atoms with Crippen molar-refractivity contribution in [1.29, 1.82) is 0 Å². The summed E-state index contributed by atoms with van der Waals surface area (Å²) >= 11 is 0. The molecule has 0 bridgehead atoms. The monoisotopic (exact) mass is 477 g/mol. The fourth-order valence-electron chi connectivity index (χ4n) is 5.96. The summed E-state index contributed by atoms with van der Waals surface area (Å²) in [6, 6.07) is 11.0. The van der Waals surface area contributed by atoms with Crippen LogP contribution in [0.1, 0.15) is 66.8 Å². The fraction of sp³-hybridized carbons (Fsp3) is 0.586. The van der Waals surface area contributed by atoms with Crippen molar-refractivity contribution in [1.82, 2.24) is 9.88 Å². The maximum atomic E-state index is 12.2. The molecule has 1 fully saturated rings. The lowest BCUT2D eigenvalue weighted by molar-refractivity contribution is -0.141. The number of anilines is 1. The van der Waals surface area contributed by atoms with E-state index < -0.39 is 0 Å². The maximum Gasteiger partial charge on any atom is 0.306 e. The number of ether oxygens (including phenoxy) is 2. The molecule has 1 N–H and O–H groups in total. The number of nitrogens with one attached hydrogen (secondary N) is 1. The Morgan fingerprint density at radius 2 is 2.03 bits per heavy atom. The van der Waals surface area contributed by atoms with Crippen LogP contribution in [0, 0.1) is 5.92 Å².